The number of carboxylic acids is 1. The number of benzene rings is 2. The van der Waals surface area contributed by atoms with E-state index in [4.69, 9.17) is 9.47 Å². The zero-order chi connectivity index (χ0) is 34.6. The molecule has 3 rings (SSSR count). The summed E-state index contributed by atoms with van der Waals surface area (Å²) in [7, 11) is 1.25. The number of anilines is 2. The number of amides is 1. The van der Waals surface area contributed by atoms with Crippen molar-refractivity contribution in [1.29, 1.82) is 0 Å². The Bertz CT molecular complexity index is 1650. The first-order chi connectivity index (χ1) is 21.3. The van der Waals surface area contributed by atoms with Gasteiger partial charge < -0.3 is 29.5 Å². The van der Waals surface area contributed by atoms with Crippen molar-refractivity contribution in [3.8, 4) is 11.6 Å². The highest BCUT2D eigenvalue weighted by Gasteiger charge is 2.34. The standard InChI is InChI=1S/C28H26F6N4O8/c1-27(2,3)46-26(41)37(10-9-19-21(38(42)43)6-8-23(36-19)44-4)13-15-18(5-7-22(24(15)31)45-28(32,33)34)35-20-12-17(30)16(29)11-14(20)25(39)40/h5-8,11-12,35H,9-10,13H2,1-4H3,(H,39,40). The van der Waals surface area contributed by atoms with Crippen molar-refractivity contribution in [2.45, 2.75) is 45.7 Å². The summed E-state index contributed by atoms with van der Waals surface area (Å²) in [5, 5.41) is 23.4. The van der Waals surface area contributed by atoms with Gasteiger partial charge in [0.1, 0.15) is 11.3 Å². The number of aromatic carboxylic acids is 1. The van der Waals surface area contributed by atoms with E-state index in [9.17, 15) is 46.8 Å². The Morgan fingerprint density at radius 2 is 1.70 bits per heavy atom. The molecule has 0 spiro atoms. The lowest BCUT2D eigenvalue weighted by molar-refractivity contribution is -0.386. The number of nitrogens with one attached hydrogen (secondary N) is 1. The summed E-state index contributed by atoms with van der Waals surface area (Å²) in [6.45, 7) is 3.07. The second-order valence-electron chi connectivity index (χ2n) is 10.4. The Hall–Kier alpha value is -5.29. The van der Waals surface area contributed by atoms with Crippen LogP contribution in [-0.4, -0.2) is 57.6 Å². The SMILES string of the molecule is COc1ccc([N+](=O)[O-])c(CCN(Cc2c(Nc3cc(F)c(F)cc3C(=O)O)ccc(OC(F)(F)F)c2F)C(=O)OC(C)(C)C)n1. The minimum atomic E-state index is -5.36. The number of aromatic nitrogens is 1. The smallest absolute Gasteiger partial charge is 0.481 e. The fourth-order valence-electron chi connectivity index (χ4n) is 3.98. The van der Waals surface area contributed by atoms with E-state index in [0.29, 0.717) is 18.2 Å². The number of nitro groups is 1. The molecule has 0 saturated heterocycles. The van der Waals surface area contributed by atoms with Crippen LogP contribution in [0.1, 0.15) is 42.4 Å². The fraction of sp³-hybridized carbons (Fsp3) is 0.321. The van der Waals surface area contributed by atoms with Gasteiger partial charge in [-0.25, -0.2) is 27.7 Å². The number of pyridine rings is 1. The summed E-state index contributed by atoms with van der Waals surface area (Å²) in [6, 6.07) is 4.44. The number of alkyl halides is 3. The molecule has 0 aliphatic rings. The molecule has 0 unspecified atom stereocenters. The summed E-state index contributed by atoms with van der Waals surface area (Å²) in [5.74, 6) is -7.79. The molecule has 1 aromatic heterocycles. The zero-order valence-electron chi connectivity index (χ0n) is 24.5. The van der Waals surface area contributed by atoms with E-state index in [1.54, 1.807) is 0 Å². The average Bonchev–Trinajstić information content (AvgIpc) is 2.93. The molecule has 46 heavy (non-hydrogen) atoms. The first-order valence-corrected chi connectivity index (χ1v) is 13.0. The first-order valence-electron chi connectivity index (χ1n) is 13.0. The quantitative estimate of drug-likeness (QED) is 0.129. The molecular formula is C28H26F6N4O8. The predicted octanol–water partition coefficient (Wildman–Crippen LogP) is 6.74. The normalized spacial score (nSPS) is 11.5. The third kappa shape index (κ3) is 9.12. The van der Waals surface area contributed by atoms with E-state index in [1.807, 2.05) is 0 Å². The van der Waals surface area contributed by atoms with Crippen molar-refractivity contribution in [1.82, 2.24) is 9.88 Å². The molecule has 0 aliphatic heterocycles. The van der Waals surface area contributed by atoms with Crippen LogP contribution in [0.15, 0.2) is 36.4 Å². The highest BCUT2D eigenvalue weighted by molar-refractivity contribution is 5.95. The Kier molecular flexibility index (Phi) is 10.5. The molecule has 0 fully saturated rings. The Labute approximate surface area is 256 Å². The Morgan fingerprint density at radius 1 is 1.04 bits per heavy atom. The van der Waals surface area contributed by atoms with Crippen molar-refractivity contribution in [2.75, 3.05) is 19.0 Å². The second-order valence-corrected chi connectivity index (χ2v) is 10.4. The van der Waals surface area contributed by atoms with Crippen LogP contribution >= 0.6 is 0 Å². The van der Waals surface area contributed by atoms with Gasteiger partial charge in [0, 0.05) is 42.4 Å². The van der Waals surface area contributed by atoms with Gasteiger partial charge in [-0.1, -0.05) is 0 Å². The van der Waals surface area contributed by atoms with Crippen LogP contribution < -0.4 is 14.8 Å². The largest absolute Gasteiger partial charge is 0.573 e. The number of carbonyl (C=O) groups is 2. The van der Waals surface area contributed by atoms with Crippen LogP contribution in [0.2, 0.25) is 0 Å². The topological polar surface area (TPSA) is 153 Å². The average molecular weight is 661 g/mol. The maximum Gasteiger partial charge on any atom is 0.573 e. The van der Waals surface area contributed by atoms with Crippen molar-refractivity contribution < 1.29 is 60.2 Å². The lowest BCUT2D eigenvalue weighted by Crippen LogP contribution is -2.38. The summed E-state index contributed by atoms with van der Waals surface area (Å²) < 4.78 is 96.9. The molecular weight excluding hydrogens is 634 g/mol. The van der Waals surface area contributed by atoms with Crippen LogP contribution in [0.25, 0.3) is 0 Å². The number of hydrogen-bond donors (Lipinski definition) is 2. The number of nitrogens with zero attached hydrogens (tertiary/aromatic N) is 3. The van der Waals surface area contributed by atoms with Crippen molar-refractivity contribution in [2.24, 2.45) is 0 Å². The van der Waals surface area contributed by atoms with E-state index >= 15 is 4.39 Å². The summed E-state index contributed by atoms with van der Waals surface area (Å²) in [4.78, 5) is 40.6. The second kappa shape index (κ2) is 13.8. The molecule has 2 N–H and O–H groups in total. The molecule has 0 bridgehead atoms. The van der Waals surface area contributed by atoms with Gasteiger partial charge >= 0.3 is 18.4 Å². The van der Waals surface area contributed by atoms with Gasteiger partial charge in [0.05, 0.1) is 29.8 Å². The summed E-state index contributed by atoms with van der Waals surface area (Å²) in [6.07, 6.45) is -6.85. The van der Waals surface area contributed by atoms with Gasteiger partial charge in [0.2, 0.25) is 5.88 Å². The third-order valence-corrected chi connectivity index (χ3v) is 5.94. The molecule has 248 valence electrons. The Balaban J connectivity index is 2.15. The Morgan fingerprint density at radius 3 is 2.26 bits per heavy atom. The lowest BCUT2D eigenvalue weighted by Gasteiger charge is -2.28. The fourth-order valence-corrected chi connectivity index (χ4v) is 3.98. The van der Waals surface area contributed by atoms with Crippen molar-refractivity contribution in [3.05, 3.63) is 80.8 Å². The van der Waals surface area contributed by atoms with Crippen LogP contribution in [0.3, 0.4) is 0 Å². The van der Waals surface area contributed by atoms with Crippen LogP contribution in [-0.2, 0) is 17.7 Å². The van der Waals surface area contributed by atoms with Gasteiger partial charge in [0.15, 0.2) is 23.2 Å². The summed E-state index contributed by atoms with van der Waals surface area (Å²) >= 11 is 0. The van der Waals surface area contributed by atoms with Gasteiger partial charge in [-0.05, 0) is 39.0 Å². The number of methoxy groups -OCH3 is 1. The molecule has 1 amide bonds. The molecule has 0 atom stereocenters. The molecule has 18 heteroatoms. The minimum Gasteiger partial charge on any atom is -0.481 e. The summed E-state index contributed by atoms with van der Waals surface area (Å²) in [5.41, 5.74) is -4.41. The lowest BCUT2D eigenvalue weighted by atomic mass is 10.1. The van der Waals surface area contributed by atoms with Gasteiger partial charge in [-0.3, -0.25) is 10.1 Å². The van der Waals surface area contributed by atoms with Gasteiger partial charge in [-0.2, -0.15) is 0 Å². The number of halogens is 6. The molecule has 1 heterocycles. The van der Waals surface area contributed by atoms with E-state index < -0.39 is 93.4 Å². The molecule has 0 aliphatic carbocycles. The highest BCUT2D eigenvalue weighted by Crippen LogP contribution is 2.35. The highest BCUT2D eigenvalue weighted by atomic mass is 19.4. The van der Waals surface area contributed by atoms with Crippen molar-refractivity contribution >= 4 is 29.1 Å². The number of carboxylic acid groups (broad SMARTS) is 1. The van der Waals surface area contributed by atoms with Crippen molar-refractivity contribution in [3.63, 3.8) is 0 Å². The van der Waals surface area contributed by atoms with Crippen LogP contribution in [0, 0.1) is 27.6 Å². The molecule has 2 aromatic carbocycles. The molecule has 12 nitrogen and oxygen atoms in total. The predicted molar refractivity (Wildman–Crippen MR) is 147 cm³/mol. The van der Waals surface area contributed by atoms with E-state index in [-0.39, 0.29) is 18.0 Å². The minimum absolute atomic E-state index is 0.0142. The van der Waals surface area contributed by atoms with E-state index in [2.05, 4.69) is 15.0 Å². The maximum absolute atomic E-state index is 15.7. The van der Waals surface area contributed by atoms with Gasteiger partial charge in [0.25, 0.3) is 5.69 Å². The van der Waals surface area contributed by atoms with Gasteiger partial charge in [-0.15, -0.1) is 13.2 Å². The third-order valence-electron chi connectivity index (χ3n) is 5.94. The van der Waals surface area contributed by atoms with E-state index in [1.165, 1.54) is 33.9 Å². The molecule has 0 saturated carbocycles. The number of rotatable bonds is 11. The zero-order valence-corrected chi connectivity index (χ0v) is 24.5. The van der Waals surface area contributed by atoms with E-state index in [0.717, 1.165) is 17.0 Å². The number of carbonyl (C=O) groups excluding carboxylic acids is 1. The molecule has 3 aromatic rings. The number of ether oxygens (including phenoxy) is 3. The monoisotopic (exact) mass is 660 g/mol. The first kappa shape index (κ1) is 35.2. The van der Waals surface area contributed by atoms with Crippen LogP contribution in [0.4, 0.5) is 48.2 Å². The number of hydrogen-bond acceptors (Lipinski definition) is 9. The van der Waals surface area contributed by atoms with Crippen LogP contribution in [0.5, 0.6) is 11.6 Å². The maximum atomic E-state index is 15.7. The molecule has 0 radical (unpaired) electrons.